The molecule has 0 unspecified atom stereocenters. The lowest BCUT2D eigenvalue weighted by atomic mass is 10.1. The number of piperazine rings is 1. The van der Waals surface area contributed by atoms with Crippen molar-refractivity contribution in [3.8, 4) is 0 Å². The van der Waals surface area contributed by atoms with Gasteiger partial charge in [-0.1, -0.05) is 19.4 Å². The first-order valence-corrected chi connectivity index (χ1v) is 8.74. The zero-order valence-corrected chi connectivity index (χ0v) is 15.2. The van der Waals surface area contributed by atoms with E-state index in [1.54, 1.807) is 28.9 Å². The minimum Gasteiger partial charge on any atom is -0.403 e. The number of imidazole rings is 1. The summed E-state index contributed by atoms with van der Waals surface area (Å²) in [5.74, 6) is 1.23. The first-order valence-electron chi connectivity index (χ1n) is 7.95. The lowest BCUT2D eigenvalue weighted by molar-refractivity contribution is -0.129. The van der Waals surface area contributed by atoms with Crippen molar-refractivity contribution in [3.05, 3.63) is 35.6 Å². The summed E-state index contributed by atoms with van der Waals surface area (Å²) in [6.45, 7) is 4.35. The van der Waals surface area contributed by atoms with Crippen molar-refractivity contribution in [2.75, 3.05) is 13.6 Å². The summed E-state index contributed by atoms with van der Waals surface area (Å²) in [5, 5.41) is 0. The van der Waals surface area contributed by atoms with Crippen molar-refractivity contribution in [1.82, 2.24) is 19.4 Å². The minimum absolute atomic E-state index is 0.0203. The number of nitrogens with zero attached hydrogens (tertiary/aromatic N) is 5. The van der Waals surface area contributed by atoms with Crippen LogP contribution in [0.15, 0.2) is 40.6 Å². The molecule has 1 aromatic rings. The maximum absolute atomic E-state index is 12.3. The fourth-order valence-electron chi connectivity index (χ4n) is 3.24. The summed E-state index contributed by atoms with van der Waals surface area (Å²) >= 11 is 3.37. The minimum atomic E-state index is 0.0203. The monoisotopic (exact) mass is 392 g/mol. The zero-order valence-electron chi connectivity index (χ0n) is 13.7. The molecular weight excluding hydrogens is 372 g/mol. The van der Waals surface area contributed by atoms with Crippen LogP contribution in [0.3, 0.4) is 0 Å². The van der Waals surface area contributed by atoms with E-state index in [-0.39, 0.29) is 5.91 Å². The number of likely N-dealkylation sites (N-methyl/N-ethyl adjacent to an activating group) is 1. The number of hydrogen-bond donors (Lipinski definition) is 1. The summed E-state index contributed by atoms with van der Waals surface area (Å²) in [5.41, 5.74) is 6.42. The number of rotatable bonds is 3. The summed E-state index contributed by atoms with van der Waals surface area (Å²) in [4.78, 5) is 24.8. The molecule has 1 aliphatic carbocycles. The molecule has 3 rings (SSSR count). The molecule has 1 amide bonds. The Morgan fingerprint density at radius 3 is 2.79 bits per heavy atom. The van der Waals surface area contributed by atoms with Gasteiger partial charge in [0.2, 0.25) is 5.91 Å². The van der Waals surface area contributed by atoms with Gasteiger partial charge in [0.25, 0.3) is 0 Å². The van der Waals surface area contributed by atoms with Crippen molar-refractivity contribution >= 4 is 33.5 Å². The Morgan fingerprint density at radius 2 is 2.21 bits per heavy atom. The second-order valence-electron chi connectivity index (χ2n) is 5.99. The van der Waals surface area contributed by atoms with E-state index in [4.69, 9.17) is 10.7 Å². The lowest BCUT2D eigenvalue weighted by Gasteiger charge is -2.39. The Bertz CT molecular complexity index is 716. The molecule has 1 aromatic heterocycles. The highest BCUT2D eigenvalue weighted by molar-refractivity contribution is 9.10. The van der Waals surface area contributed by atoms with Gasteiger partial charge in [-0.3, -0.25) is 9.36 Å². The van der Waals surface area contributed by atoms with Crippen molar-refractivity contribution < 1.29 is 4.79 Å². The van der Waals surface area contributed by atoms with Crippen LogP contribution in [0.5, 0.6) is 0 Å². The van der Waals surface area contributed by atoms with Gasteiger partial charge in [0.05, 0.1) is 6.54 Å². The number of halogens is 1. The average molecular weight is 393 g/mol. The van der Waals surface area contributed by atoms with Crippen LogP contribution in [0, 0.1) is 0 Å². The van der Waals surface area contributed by atoms with Gasteiger partial charge in [0.1, 0.15) is 11.5 Å². The molecule has 0 bridgehead atoms. The maximum atomic E-state index is 12.3. The normalized spacial score (nSPS) is 22.8. The Balaban J connectivity index is 2.00. The summed E-state index contributed by atoms with van der Waals surface area (Å²) in [7, 11) is 1.72. The largest absolute Gasteiger partial charge is 0.403 e. The smallest absolute Gasteiger partial charge is 0.246 e. The molecule has 1 saturated carbocycles. The van der Waals surface area contributed by atoms with Crippen LogP contribution in [0.25, 0.3) is 5.82 Å². The highest BCUT2D eigenvalue weighted by Gasteiger charge is 2.36. The number of amidine groups is 1. The Labute approximate surface area is 149 Å². The molecule has 0 spiro atoms. The van der Waals surface area contributed by atoms with Crippen LogP contribution in [-0.4, -0.2) is 50.7 Å². The molecule has 8 heteroatoms. The van der Waals surface area contributed by atoms with Crippen LogP contribution in [0.1, 0.15) is 25.7 Å². The SMILES string of the molecule is C=C(/N=C1\C(=C/N)N(C)C(=O)CN1C1CCCC1)n1ccnc1Br. The second kappa shape index (κ2) is 6.80. The molecule has 128 valence electrons. The van der Waals surface area contributed by atoms with Crippen LogP contribution < -0.4 is 5.73 Å². The van der Waals surface area contributed by atoms with Gasteiger partial charge in [0, 0.05) is 31.7 Å². The molecule has 2 aliphatic rings. The highest BCUT2D eigenvalue weighted by Crippen LogP contribution is 2.29. The Hall–Kier alpha value is -2.09. The van der Waals surface area contributed by atoms with Gasteiger partial charge in [-0.15, -0.1) is 0 Å². The molecule has 2 fully saturated rings. The summed E-state index contributed by atoms with van der Waals surface area (Å²) < 4.78 is 2.37. The van der Waals surface area contributed by atoms with Crippen LogP contribution in [0.4, 0.5) is 0 Å². The first kappa shape index (κ1) is 16.8. The molecular formula is C16H21BrN6O. The quantitative estimate of drug-likeness (QED) is 0.852. The Morgan fingerprint density at radius 1 is 1.50 bits per heavy atom. The van der Waals surface area contributed by atoms with E-state index in [0.717, 1.165) is 12.8 Å². The fourth-order valence-corrected chi connectivity index (χ4v) is 3.68. The molecule has 24 heavy (non-hydrogen) atoms. The van der Waals surface area contributed by atoms with Crippen molar-refractivity contribution in [1.29, 1.82) is 0 Å². The number of hydrogen-bond acceptors (Lipinski definition) is 4. The molecule has 1 aliphatic heterocycles. The number of amides is 1. The third-order valence-corrected chi connectivity index (χ3v) is 5.16. The lowest BCUT2D eigenvalue weighted by Crippen LogP contribution is -2.54. The number of carbonyl (C=O) groups excluding carboxylic acids is 1. The molecule has 0 aromatic carbocycles. The van der Waals surface area contributed by atoms with E-state index in [9.17, 15) is 4.79 Å². The molecule has 0 radical (unpaired) electrons. The van der Waals surface area contributed by atoms with Crippen molar-refractivity contribution in [3.63, 3.8) is 0 Å². The standard InChI is InChI=1S/C16H21BrN6O/c1-11(22-8-7-19-16(22)17)20-15-13(9-18)21(2)14(24)10-23(15)12-5-3-4-6-12/h7-9,12H,1,3-6,10,18H2,2H3/b13-9+,20-15+. The van der Waals surface area contributed by atoms with E-state index in [2.05, 4.69) is 32.4 Å². The Kier molecular flexibility index (Phi) is 4.75. The van der Waals surface area contributed by atoms with Gasteiger partial charge < -0.3 is 15.5 Å². The van der Waals surface area contributed by atoms with Gasteiger partial charge >= 0.3 is 0 Å². The number of carbonyl (C=O) groups is 1. The van der Waals surface area contributed by atoms with Crippen LogP contribution >= 0.6 is 15.9 Å². The summed E-state index contributed by atoms with van der Waals surface area (Å²) in [6, 6.07) is 0.315. The highest BCUT2D eigenvalue weighted by atomic mass is 79.9. The topological polar surface area (TPSA) is 79.8 Å². The summed E-state index contributed by atoms with van der Waals surface area (Å²) in [6.07, 6.45) is 9.36. The zero-order chi connectivity index (χ0) is 17.3. The third-order valence-electron chi connectivity index (χ3n) is 4.57. The number of aliphatic imine (C=N–C) groups is 1. The number of nitrogens with two attached hydrogens (primary N) is 1. The molecule has 2 N–H and O–H groups in total. The third kappa shape index (κ3) is 2.98. The van der Waals surface area contributed by atoms with E-state index in [1.165, 1.54) is 19.0 Å². The molecule has 2 heterocycles. The second-order valence-corrected chi connectivity index (χ2v) is 6.70. The van der Waals surface area contributed by atoms with Gasteiger partial charge in [-0.25, -0.2) is 9.98 Å². The average Bonchev–Trinajstić information content (AvgIpc) is 3.22. The number of aromatic nitrogens is 2. The van der Waals surface area contributed by atoms with Gasteiger partial charge in [0.15, 0.2) is 10.6 Å². The van der Waals surface area contributed by atoms with Gasteiger partial charge in [-0.05, 0) is 28.8 Å². The molecule has 7 nitrogen and oxygen atoms in total. The van der Waals surface area contributed by atoms with E-state index in [0.29, 0.717) is 34.7 Å². The van der Waals surface area contributed by atoms with Crippen molar-refractivity contribution in [2.24, 2.45) is 10.7 Å². The first-order chi connectivity index (χ1) is 11.5. The van der Waals surface area contributed by atoms with Crippen LogP contribution in [-0.2, 0) is 4.79 Å². The van der Waals surface area contributed by atoms with E-state index >= 15 is 0 Å². The molecule has 0 atom stereocenters. The predicted molar refractivity (Wildman–Crippen MR) is 96.7 cm³/mol. The van der Waals surface area contributed by atoms with E-state index in [1.807, 2.05) is 0 Å². The van der Waals surface area contributed by atoms with Gasteiger partial charge in [-0.2, -0.15) is 0 Å². The maximum Gasteiger partial charge on any atom is 0.246 e. The van der Waals surface area contributed by atoms with Crippen LogP contribution in [0.2, 0.25) is 0 Å². The predicted octanol–water partition coefficient (Wildman–Crippen LogP) is 1.99. The van der Waals surface area contributed by atoms with Crippen molar-refractivity contribution in [2.45, 2.75) is 31.7 Å². The fraction of sp³-hybridized carbons (Fsp3) is 0.438. The van der Waals surface area contributed by atoms with E-state index < -0.39 is 0 Å². The molecule has 1 saturated heterocycles.